The topological polar surface area (TPSA) is 32.3 Å². The third-order valence-corrected chi connectivity index (χ3v) is 3.59. The van der Waals surface area contributed by atoms with Gasteiger partial charge in [0.05, 0.1) is 12.1 Å². The van der Waals surface area contributed by atoms with Gasteiger partial charge in [0.15, 0.2) is 0 Å². The first kappa shape index (κ1) is 14.0. The molecule has 0 amide bonds. The average Bonchev–Trinajstić information content (AvgIpc) is 2.42. The molecule has 0 spiro atoms. The molecule has 2 aromatic rings. The normalized spacial score (nSPS) is 13.9. The third-order valence-electron chi connectivity index (χ3n) is 3.06. The van der Waals surface area contributed by atoms with E-state index in [2.05, 4.69) is 21.2 Å². The molecule has 0 aliphatic carbocycles. The molecule has 19 heavy (non-hydrogen) atoms. The molecule has 0 aromatic heterocycles. The van der Waals surface area contributed by atoms with Gasteiger partial charge in [-0.3, -0.25) is 0 Å². The number of rotatable bonds is 4. The minimum Gasteiger partial charge on any atom is -0.394 e. The molecule has 0 radical (unpaired) electrons. The highest BCUT2D eigenvalue weighted by Gasteiger charge is 2.25. The van der Waals surface area contributed by atoms with Gasteiger partial charge < -0.3 is 10.4 Å². The van der Waals surface area contributed by atoms with Crippen LogP contribution < -0.4 is 5.32 Å². The smallest absolute Gasteiger partial charge is 0.123 e. The zero-order valence-corrected chi connectivity index (χ0v) is 12.1. The maximum Gasteiger partial charge on any atom is 0.123 e. The summed E-state index contributed by atoms with van der Waals surface area (Å²) >= 11 is 3.38. The summed E-state index contributed by atoms with van der Waals surface area (Å²) in [6.07, 6.45) is 0. The second-order valence-corrected chi connectivity index (χ2v) is 5.54. The quantitative estimate of drug-likeness (QED) is 0.894. The minimum absolute atomic E-state index is 0.0635. The van der Waals surface area contributed by atoms with Crippen molar-refractivity contribution in [1.29, 1.82) is 0 Å². The molecule has 2 aromatic carbocycles. The van der Waals surface area contributed by atoms with E-state index < -0.39 is 5.54 Å². The molecular weight excluding hydrogens is 309 g/mol. The van der Waals surface area contributed by atoms with E-state index in [0.29, 0.717) is 0 Å². The highest BCUT2D eigenvalue weighted by Crippen LogP contribution is 2.27. The van der Waals surface area contributed by atoms with Crippen LogP contribution in [0, 0.1) is 5.82 Å². The van der Waals surface area contributed by atoms with Gasteiger partial charge >= 0.3 is 0 Å². The molecule has 2 nitrogen and oxygen atoms in total. The zero-order chi connectivity index (χ0) is 13.9. The first-order valence-electron chi connectivity index (χ1n) is 5.94. The summed E-state index contributed by atoms with van der Waals surface area (Å²) in [5.41, 5.74) is 1.11. The Labute approximate surface area is 120 Å². The van der Waals surface area contributed by atoms with Gasteiger partial charge in [-0.1, -0.05) is 28.1 Å². The molecule has 100 valence electrons. The largest absolute Gasteiger partial charge is 0.394 e. The Bertz CT molecular complexity index is 541. The number of hydrogen-bond donors (Lipinski definition) is 2. The Morgan fingerprint density at radius 1 is 1.11 bits per heavy atom. The van der Waals surface area contributed by atoms with Crippen LogP contribution in [0.1, 0.15) is 12.5 Å². The molecule has 2 rings (SSSR count). The first-order valence-corrected chi connectivity index (χ1v) is 6.73. The number of nitrogens with one attached hydrogen (secondary N) is 1. The lowest BCUT2D eigenvalue weighted by Crippen LogP contribution is -2.35. The van der Waals surface area contributed by atoms with Crippen LogP contribution in [0.3, 0.4) is 0 Å². The van der Waals surface area contributed by atoms with Gasteiger partial charge in [0.25, 0.3) is 0 Å². The number of aliphatic hydroxyl groups is 1. The van der Waals surface area contributed by atoms with Crippen LogP contribution in [0.4, 0.5) is 10.1 Å². The summed E-state index contributed by atoms with van der Waals surface area (Å²) < 4.78 is 13.9. The van der Waals surface area contributed by atoms with E-state index in [-0.39, 0.29) is 12.4 Å². The maximum atomic E-state index is 12.9. The summed E-state index contributed by atoms with van der Waals surface area (Å²) in [5.74, 6) is -0.278. The van der Waals surface area contributed by atoms with Crippen molar-refractivity contribution in [2.75, 3.05) is 11.9 Å². The monoisotopic (exact) mass is 323 g/mol. The average molecular weight is 324 g/mol. The number of anilines is 1. The fraction of sp³-hybridized carbons (Fsp3) is 0.200. The van der Waals surface area contributed by atoms with Crippen molar-refractivity contribution >= 4 is 21.6 Å². The van der Waals surface area contributed by atoms with Crippen molar-refractivity contribution in [1.82, 2.24) is 0 Å². The van der Waals surface area contributed by atoms with E-state index in [1.807, 2.05) is 31.2 Å². The van der Waals surface area contributed by atoms with Gasteiger partial charge in [-0.05, 0) is 48.9 Å². The molecule has 0 aliphatic heterocycles. The second-order valence-electron chi connectivity index (χ2n) is 4.63. The van der Waals surface area contributed by atoms with E-state index in [1.54, 1.807) is 12.1 Å². The van der Waals surface area contributed by atoms with Gasteiger partial charge in [0.2, 0.25) is 0 Å². The van der Waals surface area contributed by atoms with E-state index in [4.69, 9.17) is 0 Å². The van der Waals surface area contributed by atoms with Gasteiger partial charge in [-0.2, -0.15) is 0 Å². The molecule has 4 heteroatoms. The van der Waals surface area contributed by atoms with Crippen LogP contribution in [-0.4, -0.2) is 11.7 Å². The summed E-state index contributed by atoms with van der Waals surface area (Å²) in [5, 5.41) is 12.9. The summed E-state index contributed by atoms with van der Waals surface area (Å²) in [6, 6.07) is 13.8. The first-order chi connectivity index (χ1) is 9.03. The molecule has 1 unspecified atom stereocenters. The highest BCUT2D eigenvalue weighted by atomic mass is 79.9. The van der Waals surface area contributed by atoms with Crippen molar-refractivity contribution in [2.45, 2.75) is 12.5 Å². The predicted octanol–water partition coefficient (Wildman–Crippen LogP) is 3.91. The Balaban J connectivity index is 2.27. The number of aliphatic hydroxyl groups excluding tert-OH is 1. The highest BCUT2D eigenvalue weighted by molar-refractivity contribution is 9.10. The lowest BCUT2D eigenvalue weighted by Gasteiger charge is -2.30. The Morgan fingerprint density at radius 2 is 1.68 bits per heavy atom. The van der Waals surface area contributed by atoms with Crippen LogP contribution in [0.5, 0.6) is 0 Å². The second kappa shape index (κ2) is 5.72. The maximum absolute atomic E-state index is 12.9. The molecule has 0 saturated heterocycles. The van der Waals surface area contributed by atoms with Crippen molar-refractivity contribution in [3.8, 4) is 0 Å². The lowest BCUT2D eigenvalue weighted by molar-refractivity contribution is 0.224. The van der Waals surface area contributed by atoms with Gasteiger partial charge in [-0.15, -0.1) is 0 Å². The molecule has 0 bridgehead atoms. The predicted molar refractivity (Wildman–Crippen MR) is 78.6 cm³/mol. The van der Waals surface area contributed by atoms with E-state index in [1.165, 1.54) is 12.1 Å². The lowest BCUT2D eigenvalue weighted by atomic mass is 9.92. The molecular formula is C15H15BrFNO. The van der Waals surface area contributed by atoms with Crippen molar-refractivity contribution in [3.05, 3.63) is 64.4 Å². The molecule has 0 aliphatic rings. The van der Waals surface area contributed by atoms with Gasteiger partial charge in [0.1, 0.15) is 5.82 Å². The van der Waals surface area contributed by atoms with Gasteiger partial charge in [-0.25, -0.2) is 4.39 Å². The van der Waals surface area contributed by atoms with Crippen LogP contribution >= 0.6 is 15.9 Å². The van der Waals surface area contributed by atoms with E-state index in [9.17, 15) is 9.50 Å². The molecule has 1 atom stereocenters. The summed E-state index contributed by atoms with van der Waals surface area (Å²) in [6.45, 7) is 1.84. The fourth-order valence-corrected chi connectivity index (χ4v) is 2.14. The van der Waals surface area contributed by atoms with E-state index in [0.717, 1.165) is 15.7 Å². The Hall–Kier alpha value is -1.39. The zero-order valence-electron chi connectivity index (χ0n) is 10.5. The standard InChI is InChI=1S/C15H15BrFNO/c1-15(10-19,11-2-4-12(16)5-3-11)18-14-8-6-13(17)7-9-14/h2-9,18-19H,10H2,1H3. The SMILES string of the molecule is CC(CO)(Nc1ccc(F)cc1)c1ccc(Br)cc1. The van der Waals surface area contributed by atoms with E-state index >= 15 is 0 Å². The van der Waals surface area contributed by atoms with Gasteiger partial charge in [0, 0.05) is 10.2 Å². The van der Waals surface area contributed by atoms with Crippen LogP contribution in [0.15, 0.2) is 53.0 Å². The Morgan fingerprint density at radius 3 is 2.21 bits per heavy atom. The molecule has 0 fully saturated rings. The number of halogens is 2. The minimum atomic E-state index is -0.613. The Kier molecular flexibility index (Phi) is 4.22. The van der Waals surface area contributed by atoms with Crippen molar-refractivity contribution in [3.63, 3.8) is 0 Å². The summed E-state index contributed by atoms with van der Waals surface area (Å²) in [7, 11) is 0. The summed E-state index contributed by atoms with van der Waals surface area (Å²) in [4.78, 5) is 0. The fourth-order valence-electron chi connectivity index (χ4n) is 1.87. The van der Waals surface area contributed by atoms with Crippen molar-refractivity contribution < 1.29 is 9.50 Å². The molecule has 0 heterocycles. The van der Waals surface area contributed by atoms with Crippen molar-refractivity contribution in [2.24, 2.45) is 0 Å². The third kappa shape index (κ3) is 3.33. The van der Waals surface area contributed by atoms with Crippen LogP contribution in [0.25, 0.3) is 0 Å². The number of hydrogen-bond acceptors (Lipinski definition) is 2. The van der Waals surface area contributed by atoms with Crippen LogP contribution in [-0.2, 0) is 5.54 Å². The molecule has 2 N–H and O–H groups in total. The molecule has 0 saturated carbocycles. The van der Waals surface area contributed by atoms with Crippen LogP contribution in [0.2, 0.25) is 0 Å². The number of benzene rings is 2.